The molecule has 2 amide bonds. The van der Waals surface area contributed by atoms with Gasteiger partial charge in [-0.15, -0.1) is 0 Å². The van der Waals surface area contributed by atoms with Crippen LogP contribution in [0, 0.1) is 6.92 Å². The van der Waals surface area contributed by atoms with Gasteiger partial charge in [0.2, 0.25) is 5.91 Å². The summed E-state index contributed by atoms with van der Waals surface area (Å²) in [5, 5.41) is 0. The second-order valence-corrected chi connectivity index (χ2v) is 6.40. The first-order valence-corrected chi connectivity index (χ1v) is 8.49. The van der Waals surface area contributed by atoms with Crippen molar-refractivity contribution < 1.29 is 9.59 Å². The van der Waals surface area contributed by atoms with Gasteiger partial charge in [-0.25, -0.2) is 9.97 Å². The molecule has 130 valence electrons. The molecule has 1 fully saturated rings. The molecule has 0 radical (unpaired) electrons. The van der Waals surface area contributed by atoms with Gasteiger partial charge in [-0.1, -0.05) is 30.3 Å². The van der Waals surface area contributed by atoms with Crippen LogP contribution in [0.25, 0.3) is 0 Å². The van der Waals surface area contributed by atoms with Gasteiger partial charge in [0, 0.05) is 31.6 Å². The number of hydrogen-bond donors (Lipinski definition) is 1. The second kappa shape index (κ2) is 7.42. The molecule has 3 rings (SSSR count). The highest BCUT2D eigenvalue weighted by molar-refractivity contribution is 5.93. The molecule has 0 unspecified atom stereocenters. The number of primary amides is 1. The summed E-state index contributed by atoms with van der Waals surface area (Å²) in [6, 6.07) is 10.0. The Hall–Kier alpha value is -2.76. The van der Waals surface area contributed by atoms with E-state index in [0.29, 0.717) is 30.0 Å². The van der Waals surface area contributed by atoms with Crippen molar-refractivity contribution in [2.75, 3.05) is 13.1 Å². The molecule has 1 aromatic carbocycles. The summed E-state index contributed by atoms with van der Waals surface area (Å²) < 4.78 is 0. The summed E-state index contributed by atoms with van der Waals surface area (Å²) in [6.07, 6.45) is 3.59. The van der Waals surface area contributed by atoms with Gasteiger partial charge in [0.25, 0.3) is 5.91 Å². The lowest BCUT2D eigenvalue weighted by Gasteiger charge is -2.16. The third-order valence-corrected chi connectivity index (χ3v) is 4.64. The average Bonchev–Trinajstić information content (AvgIpc) is 3.10. The first kappa shape index (κ1) is 17.1. The van der Waals surface area contributed by atoms with E-state index < -0.39 is 5.91 Å². The van der Waals surface area contributed by atoms with E-state index in [4.69, 9.17) is 5.73 Å². The van der Waals surface area contributed by atoms with Crippen LogP contribution in [0.4, 0.5) is 0 Å². The minimum Gasteiger partial charge on any atom is -0.365 e. The number of rotatable bonds is 5. The number of carbonyl (C=O) groups is 2. The maximum absolute atomic E-state index is 12.4. The lowest BCUT2D eigenvalue weighted by atomic mass is 10.1. The fourth-order valence-corrected chi connectivity index (χ4v) is 3.18. The van der Waals surface area contributed by atoms with Gasteiger partial charge in [0.05, 0.1) is 11.3 Å². The first-order valence-electron chi connectivity index (χ1n) is 8.49. The fraction of sp³-hybridized carbons (Fsp3) is 0.368. The van der Waals surface area contributed by atoms with Crippen LogP contribution in [-0.2, 0) is 11.2 Å². The molecular weight excluding hydrogens is 316 g/mol. The Balaban J connectivity index is 1.58. The standard InChI is InChI=1S/C19H22N4O2/c1-13-16(18(20)25)11-21-19(22-13)15-9-10-23(12-15)17(24)8-7-14-5-3-2-4-6-14/h2-6,11,15H,7-10,12H2,1H3,(H2,20,25)/t15-/m0/s1. The number of nitrogens with two attached hydrogens (primary N) is 1. The maximum atomic E-state index is 12.4. The number of aryl methyl sites for hydroxylation is 2. The molecule has 1 saturated heterocycles. The van der Waals surface area contributed by atoms with Crippen molar-refractivity contribution in [1.82, 2.24) is 14.9 Å². The van der Waals surface area contributed by atoms with Crippen molar-refractivity contribution in [1.29, 1.82) is 0 Å². The van der Waals surface area contributed by atoms with Crippen LogP contribution in [0.15, 0.2) is 36.5 Å². The molecule has 2 N–H and O–H groups in total. The molecule has 2 heterocycles. The Morgan fingerprint density at radius 2 is 2.04 bits per heavy atom. The number of likely N-dealkylation sites (tertiary alicyclic amines) is 1. The van der Waals surface area contributed by atoms with Gasteiger partial charge in [-0.3, -0.25) is 9.59 Å². The predicted molar refractivity (Wildman–Crippen MR) is 94.0 cm³/mol. The topological polar surface area (TPSA) is 89.2 Å². The summed E-state index contributed by atoms with van der Waals surface area (Å²) in [6.45, 7) is 3.10. The molecule has 25 heavy (non-hydrogen) atoms. The molecule has 1 atom stereocenters. The third kappa shape index (κ3) is 4.02. The zero-order valence-electron chi connectivity index (χ0n) is 14.3. The number of nitrogens with zero attached hydrogens (tertiary/aromatic N) is 3. The average molecular weight is 338 g/mol. The van der Waals surface area contributed by atoms with Gasteiger partial charge < -0.3 is 10.6 Å². The number of benzene rings is 1. The van der Waals surface area contributed by atoms with Crippen molar-refractivity contribution in [2.45, 2.75) is 32.1 Å². The van der Waals surface area contributed by atoms with Gasteiger partial charge in [0.1, 0.15) is 5.82 Å². The Bertz CT molecular complexity index is 776. The normalized spacial score (nSPS) is 16.8. The van der Waals surface area contributed by atoms with E-state index in [1.54, 1.807) is 6.92 Å². The number of aromatic nitrogens is 2. The van der Waals surface area contributed by atoms with E-state index in [1.807, 2.05) is 35.2 Å². The van der Waals surface area contributed by atoms with Crippen molar-refractivity contribution >= 4 is 11.8 Å². The summed E-state index contributed by atoms with van der Waals surface area (Å²) in [5.41, 5.74) is 7.40. The lowest BCUT2D eigenvalue weighted by Crippen LogP contribution is -2.28. The van der Waals surface area contributed by atoms with Crippen LogP contribution in [-0.4, -0.2) is 39.8 Å². The minimum absolute atomic E-state index is 0.112. The summed E-state index contributed by atoms with van der Waals surface area (Å²) >= 11 is 0. The Labute approximate surface area is 147 Å². The minimum atomic E-state index is -0.520. The molecular formula is C19H22N4O2. The van der Waals surface area contributed by atoms with E-state index in [2.05, 4.69) is 9.97 Å². The molecule has 1 aliphatic rings. The van der Waals surface area contributed by atoms with Crippen LogP contribution in [0.3, 0.4) is 0 Å². The molecule has 6 heteroatoms. The molecule has 1 aromatic heterocycles. The predicted octanol–water partition coefficient (Wildman–Crippen LogP) is 1.83. The quantitative estimate of drug-likeness (QED) is 0.901. The van der Waals surface area contributed by atoms with Gasteiger partial charge in [-0.2, -0.15) is 0 Å². The van der Waals surface area contributed by atoms with Gasteiger partial charge in [0.15, 0.2) is 0 Å². The molecule has 1 aliphatic heterocycles. The lowest BCUT2D eigenvalue weighted by molar-refractivity contribution is -0.130. The van der Waals surface area contributed by atoms with Crippen molar-refractivity contribution in [3.05, 3.63) is 59.2 Å². The van der Waals surface area contributed by atoms with Gasteiger partial charge >= 0.3 is 0 Å². The highest BCUT2D eigenvalue weighted by Gasteiger charge is 2.29. The molecule has 0 spiro atoms. The maximum Gasteiger partial charge on any atom is 0.252 e. The number of amides is 2. The highest BCUT2D eigenvalue weighted by Crippen LogP contribution is 2.25. The Morgan fingerprint density at radius 3 is 2.72 bits per heavy atom. The van der Waals surface area contributed by atoms with E-state index in [1.165, 1.54) is 11.8 Å². The Kier molecular flexibility index (Phi) is 5.07. The summed E-state index contributed by atoms with van der Waals surface area (Å²) in [5.74, 6) is 0.437. The monoisotopic (exact) mass is 338 g/mol. The molecule has 0 bridgehead atoms. The van der Waals surface area contributed by atoms with Crippen LogP contribution >= 0.6 is 0 Å². The zero-order valence-corrected chi connectivity index (χ0v) is 14.3. The van der Waals surface area contributed by atoms with Crippen molar-refractivity contribution in [3.8, 4) is 0 Å². The molecule has 0 saturated carbocycles. The zero-order chi connectivity index (χ0) is 17.8. The van der Waals surface area contributed by atoms with Crippen LogP contribution < -0.4 is 5.73 Å². The van der Waals surface area contributed by atoms with Crippen molar-refractivity contribution in [2.24, 2.45) is 5.73 Å². The Morgan fingerprint density at radius 1 is 1.28 bits per heavy atom. The first-order chi connectivity index (χ1) is 12.0. The summed E-state index contributed by atoms with van der Waals surface area (Å²) in [7, 11) is 0. The van der Waals surface area contributed by atoms with E-state index in [9.17, 15) is 9.59 Å². The van der Waals surface area contributed by atoms with Gasteiger partial charge in [-0.05, 0) is 25.3 Å². The smallest absolute Gasteiger partial charge is 0.252 e. The van der Waals surface area contributed by atoms with Crippen LogP contribution in [0.1, 0.15) is 46.2 Å². The summed E-state index contributed by atoms with van der Waals surface area (Å²) in [4.78, 5) is 34.3. The number of carbonyl (C=O) groups excluding carboxylic acids is 2. The highest BCUT2D eigenvalue weighted by atomic mass is 16.2. The molecule has 6 nitrogen and oxygen atoms in total. The van der Waals surface area contributed by atoms with Crippen molar-refractivity contribution in [3.63, 3.8) is 0 Å². The van der Waals surface area contributed by atoms with E-state index in [-0.39, 0.29) is 11.8 Å². The van der Waals surface area contributed by atoms with Crippen LogP contribution in [0.5, 0.6) is 0 Å². The SMILES string of the molecule is Cc1nc([C@H]2CCN(C(=O)CCc3ccccc3)C2)ncc1C(N)=O. The molecule has 2 aromatic rings. The second-order valence-electron chi connectivity index (χ2n) is 6.40. The van der Waals surface area contributed by atoms with E-state index >= 15 is 0 Å². The fourth-order valence-electron chi connectivity index (χ4n) is 3.18. The molecule has 0 aliphatic carbocycles. The third-order valence-electron chi connectivity index (χ3n) is 4.64. The van der Waals surface area contributed by atoms with E-state index in [0.717, 1.165) is 19.4 Å². The number of hydrogen-bond acceptors (Lipinski definition) is 4. The van der Waals surface area contributed by atoms with Crippen LogP contribution in [0.2, 0.25) is 0 Å². The largest absolute Gasteiger partial charge is 0.365 e.